The van der Waals surface area contributed by atoms with Crippen LogP contribution in [-0.4, -0.2) is 67.2 Å². The fourth-order valence-electron chi connectivity index (χ4n) is 3.67. The van der Waals surface area contributed by atoms with E-state index in [4.69, 9.17) is 11.6 Å². The second-order valence-electron chi connectivity index (χ2n) is 7.26. The largest absolute Gasteiger partial charge is 0.341 e. The van der Waals surface area contributed by atoms with Crippen molar-refractivity contribution in [3.8, 4) is 0 Å². The van der Waals surface area contributed by atoms with Crippen LogP contribution in [-0.2, 0) is 19.6 Å². The fourth-order valence-corrected chi connectivity index (χ4v) is 6.28. The molecule has 0 bridgehead atoms. The van der Waals surface area contributed by atoms with Gasteiger partial charge in [0.25, 0.3) is 10.0 Å². The second kappa shape index (κ2) is 8.17. The number of fused-ring (bicyclic) bond motifs is 1. The molecule has 0 spiro atoms. The summed E-state index contributed by atoms with van der Waals surface area (Å²) in [7, 11) is -3.96. The maximum atomic E-state index is 12.8. The summed E-state index contributed by atoms with van der Waals surface area (Å²) in [4.78, 5) is 32.5. The lowest BCUT2D eigenvalue weighted by Gasteiger charge is -2.32. The van der Waals surface area contributed by atoms with Crippen molar-refractivity contribution in [2.75, 3.05) is 26.2 Å². The van der Waals surface area contributed by atoms with E-state index in [1.54, 1.807) is 23.1 Å². The Bertz CT molecular complexity index is 1050. The van der Waals surface area contributed by atoms with Crippen LogP contribution in [0, 0.1) is 0 Å². The van der Waals surface area contributed by atoms with Gasteiger partial charge in [0.05, 0.1) is 16.8 Å². The number of piperidine rings is 1. The van der Waals surface area contributed by atoms with Crippen LogP contribution in [0.4, 0.5) is 0 Å². The number of likely N-dealkylation sites (tertiary alicyclic amines) is 2. The molecule has 2 aliphatic heterocycles. The van der Waals surface area contributed by atoms with Gasteiger partial charge in [-0.05, 0) is 43.9 Å². The first-order valence-corrected chi connectivity index (χ1v) is 12.2. The Morgan fingerprint density at radius 3 is 2.76 bits per heavy atom. The summed E-state index contributed by atoms with van der Waals surface area (Å²) in [6.07, 6.45) is 2.98. The van der Waals surface area contributed by atoms with Crippen LogP contribution in [0.2, 0.25) is 5.02 Å². The Labute approximate surface area is 177 Å². The molecule has 29 heavy (non-hydrogen) atoms. The van der Waals surface area contributed by atoms with Crippen molar-refractivity contribution in [2.45, 2.75) is 36.1 Å². The van der Waals surface area contributed by atoms with Crippen molar-refractivity contribution >= 4 is 55.0 Å². The highest BCUT2D eigenvalue weighted by Gasteiger charge is 2.35. The third-order valence-electron chi connectivity index (χ3n) is 5.17. The standard InChI is InChI=1S/C18H21ClN4O4S2/c19-12-5-6-15-14(10-12)20-18(28-15)29(26,27)21-13-4-3-9-23(17(13)25)11-16(24)22-7-1-2-8-22/h5-6,10,13,21H,1-4,7-9,11H2. The Hall–Kier alpha value is -1.75. The molecule has 1 unspecified atom stereocenters. The molecule has 1 aromatic heterocycles. The lowest BCUT2D eigenvalue weighted by atomic mass is 10.1. The number of amides is 2. The summed E-state index contributed by atoms with van der Waals surface area (Å²) < 4.78 is 28.7. The molecule has 4 rings (SSSR count). The van der Waals surface area contributed by atoms with E-state index in [2.05, 4.69) is 9.71 Å². The smallest absolute Gasteiger partial charge is 0.268 e. The number of thiazole rings is 1. The first kappa shape index (κ1) is 20.5. The van der Waals surface area contributed by atoms with Gasteiger partial charge in [0, 0.05) is 24.7 Å². The minimum Gasteiger partial charge on any atom is -0.341 e. The van der Waals surface area contributed by atoms with Crippen molar-refractivity contribution in [3.63, 3.8) is 0 Å². The minimum absolute atomic E-state index is 0.00328. The van der Waals surface area contributed by atoms with E-state index in [9.17, 15) is 18.0 Å². The third-order valence-corrected chi connectivity index (χ3v) is 8.29. The molecule has 0 saturated carbocycles. The predicted molar refractivity (Wildman–Crippen MR) is 110 cm³/mol. The van der Waals surface area contributed by atoms with Crippen molar-refractivity contribution in [3.05, 3.63) is 23.2 Å². The lowest BCUT2D eigenvalue weighted by molar-refractivity contribution is -0.142. The van der Waals surface area contributed by atoms with Crippen LogP contribution in [0.5, 0.6) is 0 Å². The Kier molecular flexibility index (Phi) is 5.78. The first-order valence-electron chi connectivity index (χ1n) is 9.48. The highest BCUT2D eigenvalue weighted by molar-refractivity contribution is 7.91. The highest BCUT2D eigenvalue weighted by Crippen LogP contribution is 2.28. The molecule has 11 heteroatoms. The molecule has 2 fully saturated rings. The van der Waals surface area contributed by atoms with Crippen LogP contribution in [0.1, 0.15) is 25.7 Å². The molecule has 1 aromatic carbocycles. The number of rotatable bonds is 5. The maximum absolute atomic E-state index is 12.8. The fraction of sp³-hybridized carbons (Fsp3) is 0.500. The van der Waals surface area contributed by atoms with Crippen LogP contribution < -0.4 is 4.72 Å². The predicted octanol–water partition coefficient (Wildman–Crippen LogP) is 1.84. The van der Waals surface area contributed by atoms with Gasteiger partial charge in [0.1, 0.15) is 6.04 Å². The number of sulfonamides is 1. The lowest BCUT2D eigenvalue weighted by Crippen LogP contribution is -2.54. The van der Waals surface area contributed by atoms with E-state index in [0.717, 1.165) is 37.3 Å². The van der Waals surface area contributed by atoms with Gasteiger partial charge in [0.15, 0.2) is 0 Å². The Morgan fingerprint density at radius 1 is 1.24 bits per heavy atom. The summed E-state index contributed by atoms with van der Waals surface area (Å²) in [6.45, 7) is 1.89. The van der Waals surface area contributed by atoms with Gasteiger partial charge in [-0.15, -0.1) is 11.3 Å². The number of hydrogen-bond acceptors (Lipinski definition) is 6. The summed E-state index contributed by atoms with van der Waals surface area (Å²) in [5.74, 6) is -0.445. The van der Waals surface area contributed by atoms with Crippen molar-refractivity contribution in [1.29, 1.82) is 0 Å². The van der Waals surface area contributed by atoms with E-state index in [-0.39, 0.29) is 22.7 Å². The number of nitrogens with zero attached hydrogens (tertiary/aromatic N) is 3. The van der Waals surface area contributed by atoms with E-state index in [1.807, 2.05) is 0 Å². The van der Waals surface area contributed by atoms with Crippen LogP contribution in [0.15, 0.2) is 22.5 Å². The molecule has 2 aliphatic rings. The summed E-state index contributed by atoms with van der Waals surface area (Å²) in [5, 5.41) is 0.473. The van der Waals surface area contributed by atoms with Crippen LogP contribution >= 0.6 is 22.9 Å². The molecule has 1 N–H and O–H groups in total. The zero-order valence-electron chi connectivity index (χ0n) is 15.6. The highest BCUT2D eigenvalue weighted by atomic mass is 35.5. The van der Waals surface area contributed by atoms with Crippen LogP contribution in [0.3, 0.4) is 0 Å². The number of carbonyl (C=O) groups is 2. The third kappa shape index (κ3) is 4.40. The summed E-state index contributed by atoms with van der Waals surface area (Å²) in [6, 6.07) is 4.09. The Morgan fingerprint density at radius 2 is 2.00 bits per heavy atom. The average Bonchev–Trinajstić information content (AvgIpc) is 3.34. The molecular formula is C18H21ClN4O4S2. The Balaban J connectivity index is 1.46. The van der Waals surface area contributed by atoms with Gasteiger partial charge >= 0.3 is 0 Å². The molecule has 2 aromatic rings. The zero-order valence-corrected chi connectivity index (χ0v) is 18.0. The normalized spacial score (nSPS) is 20.6. The van der Waals surface area contributed by atoms with Gasteiger partial charge in [-0.2, -0.15) is 4.72 Å². The van der Waals surface area contributed by atoms with Crippen molar-refractivity contribution in [1.82, 2.24) is 19.5 Å². The molecule has 0 radical (unpaired) electrons. The second-order valence-corrected chi connectivity index (χ2v) is 10.6. The minimum atomic E-state index is -3.96. The molecule has 1 atom stereocenters. The number of halogens is 1. The van der Waals surface area contributed by atoms with Gasteiger partial charge < -0.3 is 9.80 Å². The molecule has 2 amide bonds. The number of hydrogen-bond donors (Lipinski definition) is 1. The average molecular weight is 457 g/mol. The molecule has 156 valence electrons. The zero-order chi connectivity index (χ0) is 20.6. The van der Waals surface area contributed by atoms with Gasteiger partial charge in [-0.25, -0.2) is 13.4 Å². The molecule has 0 aliphatic carbocycles. The molecule has 2 saturated heterocycles. The first-order chi connectivity index (χ1) is 13.8. The molecule has 8 nitrogen and oxygen atoms in total. The molecular weight excluding hydrogens is 436 g/mol. The summed E-state index contributed by atoms with van der Waals surface area (Å²) >= 11 is 6.97. The topological polar surface area (TPSA) is 99.7 Å². The van der Waals surface area contributed by atoms with E-state index in [1.165, 1.54) is 4.90 Å². The SMILES string of the molecule is O=C(CN1CCCC(NS(=O)(=O)c2nc3cc(Cl)ccc3s2)C1=O)N1CCCC1. The van der Waals surface area contributed by atoms with Gasteiger partial charge in [-0.1, -0.05) is 11.6 Å². The number of nitrogens with one attached hydrogen (secondary N) is 1. The van der Waals surface area contributed by atoms with Crippen molar-refractivity contribution < 1.29 is 18.0 Å². The molecule has 3 heterocycles. The van der Waals surface area contributed by atoms with E-state index < -0.39 is 16.1 Å². The maximum Gasteiger partial charge on any atom is 0.268 e. The summed E-state index contributed by atoms with van der Waals surface area (Å²) in [5.41, 5.74) is 0.496. The van der Waals surface area contributed by atoms with Crippen LogP contribution in [0.25, 0.3) is 10.2 Å². The van der Waals surface area contributed by atoms with Gasteiger partial charge in [0.2, 0.25) is 16.2 Å². The van der Waals surface area contributed by atoms with E-state index >= 15 is 0 Å². The van der Waals surface area contributed by atoms with Crippen molar-refractivity contribution in [2.24, 2.45) is 0 Å². The monoisotopic (exact) mass is 456 g/mol. The quantitative estimate of drug-likeness (QED) is 0.740. The number of benzene rings is 1. The van der Waals surface area contributed by atoms with Gasteiger partial charge in [-0.3, -0.25) is 9.59 Å². The van der Waals surface area contributed by atoms with E-state index in [0.29, 0.717) is 34.6 Å². The number of aromatic nitrogens is 1. The number of carbonyl (C=O) groups excluding carboxylic acids is 2.